The van der Waals surface area contributed by atoms with E-state index in [4.69, 9.17) is 4.42 Å². The molecule has 5 rings (SSSR count). The van der Waals surface area contributed by atoms with Gasteiger partial charge in [-0.2, -0.15) is 0 Å². The lowest BCUT2D eigenvalue weighted by Crippen LogP contribution is -2.55. The number of anilines is 1. The van der Waals surface area contributed by atoms with Crippen molar-refractivity contribution >= 4 is 16.8 Å². The van der Waals surface area contributed by atoms with Gasteiger partial charge in [0.1, 0.15) is 23.3 Å². The van der Waals surface area contributed by atoms with E-state index in [2.05, 4.69) is 20.5 Å². The maximum absolute atomic E-state index is 14.8. The molecule has 2 unspecified atom stereocenters. The molecule has 0 radical (unpaired) electrons. The van der Waals surface area contributed by atoms with Gasteiger partial charge in [-0.25, -0.2) is 9.37 Å². The molecule has 2 aromatic heterocycles. The summed E-state index contributed by atoms with van der Waals surface area (Å²) in [4.78, 5) is 18.2. The molecule has 2 aliphatic rings. The highest BCUT2D eigenvalue weighted by molar-refractivity contribution is 5.85. The molecule has 4 atom stereocenters. The highest BCUT2D eigenvalue weighted by Crippen LogP contribution is 2.34. The van der Waals surface area contributed by atoms with E-state index in [1.807, 2.05) is 0 Å². The van der Waals surface area contributed by atoms with Crippen molar-refractivity contribution in [2.75, 3.05) is 11.9 Å². The molecule has 2 bridgehead atoms. The summed E-state index contributed by atoms with van der Waals surface area (Å²) in [6, 6.07) is 4.19. The topological polar surface area (TPSA) is 104 Å². The number of aromatic hydroxyl groups is 1. The van der Waals surface area contributed by atoms with E-state index in [1.54, 1.807) is 18.9 Å². The summed E-state index contributed by atoms with van der Waals surface area (Å²) in [5, 5.41) is 22.3. The molecular formula is C21H22FN5O3. The summed E-state index contributed by atoms with van der Waals surface area (Å²) < 4.78 is 20.4. The van der Waals surface area contributed by atoms with Crippen LogP contribution in [0.3, 0.4) is 0 Å². The van der Waals surface area contributed by atoms with Crippen molar-refractivity contribution in [3.05, 3.63) is 40.4 Å². The Kier molecular flexibility index (Phi) is 4.43. The summed E-state index contributed by atoms with van der Waals surface area (Å²) in [6.45, 7) is 1.68. The quantitative estimate of drug-likeness (QED) is 0.677. The molecule has 156 valence electrons. The van der Waals surface area contributed by atoms with Crippen LogP contribution < -0.4 is 15.6 Å². The monoisotopic (exact) mass is 411 g/mol. The third-order valence-corrected chi connectivity index (χ3v) is 6.17. The first-order valence-corrected chi connectivity index (χ1v) is 10.0. The van der Waals surface area contributed by atoms with Gasteiger partial charge in [-0.05, 0) is 38.3 Å². The number of nitrogens with zero attached hydrogens (tertiary/aromatic N) is 4. The highest BCUT2D eigenvalue weighted by Gasteiger charge is 2.43. The van der Waals surface area contributed by atoms with E-state index < -0.39 is 6.17 Å². The molecule has 0 saturated carbocycles. The Bertz CT molecular complexity index is 1170. The van der Waals surface area contributed by atoms with Crippen LogP contribution in [0.1, 0.15) is 25.0 Å². The number of hydrogen-bond donors (Lipinski definition) is 2. The summed E-state index contributed by atoms with van der Waals surface area (Å²) in [5.41, 5.74) is 0.410. The minimum absolute atomic E-state index is 0.107. The zero-order chi connectivity index (χ0) is 21.0. The van der Waals surface area contributed by atoms with Crippen LogP contribution in [0, 0.1) is 6.92 Å². The zero-order valence-electron chi connectivity index (χ0n) is 16.7. The Morgan fingerprint density at radius 3 is 2.87 bits per heavy atom. The van der Waals surface area contributed by atoms with Gasteiger partial charge in [-0.1, -0.05) is 0 Å². The molecule has 0 amide bonds. The number of aryl methyl sites for hydroxylation is 1. The van der Waals surface area contributed by atoms with E-state index >= 15 is 0 Å². The average molecular weight is 411 g/mol. The summed E-state index contributed by atoms with van der Waals surface area (Å²) in [5.74, 6) is 0.991. The van der Waals surface area contributed by atoms with Crippen molar-refractivity contribution in [1.29, 1.82) is 0 Å². The molecule has 3 aromatic rings. The zero-order valence-corrected chi connectivity index (χ0v) is 16.7. The second kappa shape index (κ2) is 7.02. The van der Waals surface area contributed by atoms with Crippen molar-refractivity contribution in [3.63, 3.8) is 0 Å². The van der Waals surface area contributed by atoms with Gasteiger partial charge in [0.25, 0.3) is 0 Å². The first kappa shape index (κ1) is 18.9. The number of phenols is 1. The minimum atomic E-state index is -0.981. The number of rotatable bonds is 3. The van der Waals surface area contributed by atoms with Crippen molar-refractivity contribution in [3.8, 4) is 17.1 Å². The van der Waals surface area contributed by atoms with Crippen LogP contribution in [0.15, 0.2) is 33.6 Å². The van der Waals surface area contributed by atoms with Crippen molar-refractivity contribution in [2.45, 2.75) is 50.5 Å². The molecule has 1 aromatic carbocycles. The predicted octanol–water partition coefficient (Wildman–Crippen LogP) is 2.33. The largest absolute Gasteiger partial charge is 0.507 e. The van der Waals surface area contributed by atoms with E-state index in [0.717, 1.165) is 12.8 Å². The number of hydrogen-bond acceptors (Lipinski definition) is 8. The van der Waals surface area contributed by atoms with Gasteiger partial charge >= 0.3 is 0 Å². The maximum Gasteiger partial charge on any atom is 0.193 e. The Balaban J connectivity index is 1.45. The number of phenolic OH excluding ortho intramolecular Hbond substituents is 1. The second-order valence-corrected chi connectivity index (χ2v) is 8.13. The van der Waals surface area contributed by atoms with Gasteiger partial charge < -0.3 is 19.7 Å². The number of piperidine rings is 1. The maximum atomic E-state index is 14.8. The Labute approximate surface area is 171 Å². The van der Waals surface area contributed by atoms with Gasteiger partial charge in [-0.15, -0.1) is 10.2 Å². The fourth-order valence-electron chi connectivity index (χ4n) is 4.56. The molecule has 30 heavy (non-hydrogen) atoms. The molecular weight excluding hydrogens is 389 g/mol. The SMILES string of the molecule is Cc1cc(=O)c2cc(O)c(-c3ncc(N(C)[C@H]4CC5CCC(N5)[C@H]4F)nn3)cc2o1. The van der Waals surface area contributed by atoms with Crippen LogP contribution in [0.25, 0.3) is 22.4 Å². The first-order valence-electron chi connectivity index (χ1n) is 10.0. The molecule has 2 fully saturated rings. The number of nitrogens with one attached hydrogen (secondary N) is 1. The van der Waals surface area contributed by atoms with E-state index in [0.29, 0.717) is 35.2 Å². The van der Waals surface area contributed by atoms with Crippen molar-refractivity contribution < 1.29 is 13.9 Å². The summed E-state index contributed by atoms with van der Waals surface area (Å²) >= 11 is 0. The van der Waals surface area contributed by atoms with Gasteiger partial charge in [0.05, 0.1) is 23.2 Å². The normalized spacial score (nSPS) is 25.6. The van der Waals surface area contributed by atoms with Crippen LogP contribution in [-0.4, -0.2) is 51.6 Å². The summed E-state index contributed by atoms with van der Waals surface area (Å²) in [7, 11) is 1.80. The van der Waals surface area contributed by atoms with Crippen molar-refractivity contribution in [2.24, 2.45) is 0 Å². The number of aromatic nitrogens is 3. The first-order chi connectivity index (χ1) is 14.4. The lowest BCUT2D eigenvalue weighted by atomic mass is 9.96. The van der Waals surface area contributed by atoms with Crippen LogP contribution in [0.4, 0.5) is 10.2 Å². The fraction of sp³-hybridized carbons (Fsp3) is 0.429. The molecule has 2 saturated heterocycles. The Morgan fingerprint density at radius 1 is 1.27 bits per heavy atom. The number of benzene rings is 1. The Morgan fingerprint density at radius 2 is 2.10 bits per heavy atom. The molecule has 0 aliphatic carbocycles. The minimum Gasteiger partial charge on any atom is -0.507 e. The lowest BCUT2D eigenvalue weighted by Gasteiger charge is -2.38. The summed E-state index contributed by atoms with van der Waals surface area (Å²) in [6.07, 6.45) is 3.10. The molecule has 9 heteroatoms. The number of fused-ring (bicyclic) bond motifs is 3. The van der Waals surface area contributed by atoms with E-state index in [1.165, 1.54) is 24.4 Å². The Hall–Kier alpha value is -3.07. The van der Waals surface area contributed by atoms with Crippen LogP contribution in [0.5, 0.6) is 5.75 Å². The standard InChI is InChI=1S/C21H22FN5O3/c1-10-5-16(28)12-7-17(29)13(8-18(12)30-10)21-23-9-19(25-26-21)27(2)15-6-11-3-4-14(24-11)20(15)22/h5,7-9,11,14-15,20,24,29H,3-4,6H2,1-2H3/t11?,14?,15-,20+/m0/s1. The van der Waals surface area contributed by atoms with Crippen LogP contribution in [0.2, 0.25) is 0 Å². The van der Waals surface area contributed by atoms with Gasteiger partial charge in [-0.3, -0.25) is 4.79 Å². The molecule has 2 aliphatic heterocycles. The number of alkyl halides is 1. The second-order valence-electron chi connectivity index (χ2n) is 8.13. The molecule has 4 heterocycles. The van der Waals surface area contributed by atoms with Gasteiger partial charge in [0.2, 0.25) is 0 Å². The molecule has 0 spiro atoms. The van der Waals surface area contributed by atoms with E-state index in [-0.39, 0.29) is 34.5 Å². The average Bonchev–Trinajstić information content (AvgIpc) is 3.14. The molecule has 8 nitrogen and oxygen atoms in total. The van der Waals surface area contributed by atoms with Crippen LogP contribution in [-0.2, 0) is 0 Å². The molecule has 2 N–H and O–H groups in total. The smallest absolute Gasteiger partial charge is 0.193 e. The van der Waals surface area contributed by atoms with Gasteiger partial charge in [0.15, 0.2) is 17.1 Å². The van der Waals surface area contributed by atoms with Gasteiger partial charge in [0, 0.05) is 25.2 Å². The highest BCUT2D eigenvalue weighted by atomic mass is 19.1. The van der Waals surface area contributed by atoms with E-state index in [9.17, 15) is 14.3 Å². The lowest BCUT2D eigenvalue weighted by molar-refractivity contribution is 0.176. The van der Waals surface area contributed by atoms with Crippen LogP contribution >= 0.6 is 0 Å². The predicted molar refractivity (Wildman–Crippen MR) is 109 cm³/mol. The third-order valence-electron chi connectivity index (χ3n) is 6.17. The van der Waals surface area contributed by atoms with Crippen molar-refractivity contribution in [1.82, 2.24) is 20.5 Å². The fourth-order valence-corrected chi connectivity index (χ4v) is 4.56. The third kappa shape index (κ3) is 3.09. The number of halogens is 1.